The van der Waals surface area contributed by atoms with Crippen LogP contribution in [0.1, 0.15) is 72.1 Å². The van der Waals surface area contributed by atoms with Gasteiger partial charge in [-0.05, 0) is 39.7 Å². The van der Waals surface area contributed by atoms with E-state index in [2.05, 4.69) is 37.1 Å². The molecule has 0 spiro atoms. The van der Waals surface area contributed by atoms with Crippen molar-refractivity contribution in [1.29, 1.82) is 5.26 Å². The minimum Gasteiger partial charge on any atom is -0.337 e. The fourth-order valence-electron chi connectivity index (χ4n) is 3.00. The van der Waals surface area contributed by atoms with Gasteiger partial charge < -0.3 is 5.32 Å². The first kappa shape index (κ1) is 18.0. The average Bonchev–Trinajstić information content (AvgIpc) is 2.47. The van der Waals surface area contributed by atoms with E-state index in [1.807, 2.05) is 0 Å². The van der Waals surface area contributed by atoms with E-state index in [1.54, 1.807) is 0 Å². The Balaban J connectivity index is 2.50. The minimum atomic E-state index is -0.610. The van der Waals surface area contributed by atoms with E-state index in [4.69, 9.17) is 0 Å². The van der Waals surface area contributed by atoms with Crippen molar-refractivity contribution in [3.8, 4) is 6.07 Å². The molecule has 1 saturated carbocycles. The number of unbranched alkanes of at least 4 members (excludes halogenated alkanes) is 2. The Morgan fingerprint density at radius 1 is 1.29 bits per heavy atom. The van der Waals surface area contributed by atoms with Gasteiger partial charge in [0.2, 0.25) is 5.91 Å². The Hall–Kier alpha value is -1.08. The number of amides is 1. The molecule has 0 aromatic carbocycles. The number of carbonyl (C=O) groups excluding carboxylic acids is 1. The summed E-state index contributed by atoms with van der Waals surface area (Å²) in [5, 5.41) is 12.4. The van der Waals surface area contributed by atoms with Crippen LogP contribution in [0.3, 0.4) is 0 Å². The molecule has 0 aromatic rings. The minimum absolute atomic E-state index is 0.00338. The van der Waals surface area contributed by atoms with Gasteiger partial charge in [-0.2, -0.15) is 5.26 Å². The highest BCUT2D eigenvalue weighted by Gasteiger charge is 2.33. The predicted molar refractivity (Wildman–Crippen MR) is 85.8 cm³/mol. The highest BCUT2D eigenvalue weighted by Crippen LogP contribution is 2.27. The molecule has 21 heavy (non-hydrogen) atoms. The molecule has 1 amide bonds. The lowest BCUT2D eigenvalue weighted by Gasteiger charge is -2.33. The highest BCUT2D eigenvalue weighted by molar-refractivity contribution is 5.79. The van der Waals surface area contributed by atoms with Crippen molar-refractivity contribution in [2.75, 3.05) is 13.1 Å². The van der Waals surface area contributed by atoms with Crippen molar-refractivity contribution >= 4 is 5.91 Å². The number of nitrogens with zero attached hydrogens (tertiary/aromatic N) is 2. The quantitative estimate of drug-likeness (QED) is 0.699. The standard InChI is InChI=1S/C17H31N3O/c1-4-5-9-12-20(15(2)3)13-16(21)19-17(14-18)10-7-6-8-11-17/h15H,4-13H2,1-3H3,(H,19,21). The van der Waals surface area contributed by atoms with Crippen molar-refractivity contribution in [3.63, 3.8) is 0 Å². The summed E-state index contributed by atoms with van der Waals surface area (Å²) in [6, 6.07) is 2.71. The molecule has 0 aliphatic heterocycles. The summed E-state index contributed by atoms with van der Waals surface area (Å²) in [6.07, 6.45) is 8.37. The van der Waals surface area contributed by atoms with Crippen LogP contribution in [0, 0.1) is 11.3 Å². The zero-order chi connectivity index (χ0) is 15.7. The van der Waals surface area contributed by atoms with Crippen LogP contribution in [0.4, 0.5) is 0 Å². The molecule has 1 N–H and O–H groups in total. The van der Waals surface area contributed by atoms with Gasteiger partial charge in [0.15, 0.2) is 0 Å². The third kappa shape index (κ3) is 6.05. The summed E-state index contributed by atoms with van der Waals surface area (Å²) in [7, 11) is 0. The smallest absolute Gasteiger partial charge is 0.235 e. The third-order valence-corrected chi connectivity index (χ3v) is 4.43. The van der Waals surface area contributed by atoms with Crippen molar-refractivity contribution in [2.24, 2.45) is 0 Å². The van der Waals surface area contributed by atoms with Crippen LogP contribution in [-0.4, -0.2) is 35.5 Å². The van der Waals surface area contributed by atoms with E-state index in [9.17, 15) is 10.1 Å². The number of nitriles is 1. The van der Waals surface area contributed by atoms with Gasteiger partial charge in [-0.1, -0.05) is 39.0 Å². The maximum Gasteiger partial charge on any atom is 0.235 e. The van der Waals surface area contributed by atoms with Gasteiger partial charge in [0.05, 0.1) is 12.6 Å². The summed E-state index contributed by atoms with van der Waals surface area (Å²) in [4.78, 5) is 14.5. The van der Waals surface area contributed by atoms with Crippen LogP contribution in [0.15, 0.2) is 0 Å². The summed E-state index contributed by atoms with van der Waals surface area (Å²) in [5.41, 5.74) is -0.610. The second-order valence-corrected chi connectivity index (χ2v) is 6.57. The summed E-state index contributed by atoms with van der Waals surface area (Å²) in [6.45, 7) is 7.80. The van der Waals surface area contributed by atoms with Crippen LogP contribution in [-0.2, 0) is 4.79 Å². The Morgan fingerprint density at radius 2 is 1.95 bits per heavy atom. The van der Waals surface area contributed by atoms with Crippen molar-refractivity contribution in [1.82, 2.24) is 10.2 Å². The summed E-state index contributed by atoms with van der Waals surface area (Å²) < 4.78 is 0. The first-order valence-electron chi connectivity index (χ1n) is 8.49. The number of carbonyl (C=O) groups is 1. The predicted octanol–water partition coefficient (Wildman–Crippen LogP) is 3.23. The van der Waals surface area contributed by atoms with Gasteiger partial charge in [-0.3, -0.25) is 9.69 Å². The maximum atomic E-state index is 12.3. The van der Waals surface area contributed by atoms with Gasteiger partial charge in [-0.25, -0.2) is 0 Å². The van der Waals surface area contributed by atoms with Crippen LogP contribution in [0.5, 0.6) is 0 Å². The fourth-order valence-corrected chi connectivity index (χ4v) is 3.00. The highest BCUT2D eigenvalue weighted by atomic mass is 16.2. The van der Waals surface area contributed by atoms with Gasteiger partial charge in [0.25, 0.3) is 0 Å². The summed E-state index contributed by atoms with van der Waals surface area (Å²) in [5.74, 6) is 0.00338. The van der Waals surface area contributed by atoms with Gasteiger partial charge in [0, 0.05) is 6.04 Å². The van der Waals surface area contributed by atoms with Gasteiger partial charge in [0.1, 0.15) is 5.54 Å². The van der Waals surface area contributed by atoms with Crippen LogP contribution in [0.25, 0.3) is 0 Å². The topological polar surface area (TPSA) is 56.1 Å². The molecule has 0 unspecified atom stereocenters. The van der Waals surface area contributed by atoms with E-state index >= 15 is 0 Å². The Labute approximate surface area is 129 Å². The molecule has 120 valence electrons. The third-order valence-electron chi connectivity index (χ3n) is 4.43. The van der Waals surface area contributed by atoms with Gasteiger partial charge in [-0.15, -0.1) is 0 Å². The Morgan fingerprint density at radius 3 is 2.48 bits per heavy atom. The zero-order valence-corrected chi connectivity index (χ0v) is 14.0. The molecule has 4 nitrogen and oxygen atoms in total. The number of rotatable bonds is 8. The van der Waals surface area contributed by atoms with Crippen LogP contribution < -0.4 is 5.32 Å². The van der Waals surface area contributed by atoms with E-state index < -0.39 is 5.54 Å². The fraction of sp³-hybridized carbons (Fsp3) is 0.882. The number of hydrogen-bond donors (Lipinski definition) is 1. The molecule has 0 saturated heterocycles. The average molecular weight is 293 g/mol. The molecule has 1 aliphatic rings. The molecule has 1 aliphatic carbocycles. The van der Waals surface area contributed by atoms with Gasteiger partial charge >= 0.3 is 0 Å². The first-order chi connectivity index (χ1) is 10.0. The molecule has 0 atom stereocenters. The molecule has 0 heterocycles. The maximum absolute atomic E-state index is 12.3. The van der Waals surface area contributed by atoms with E-state index in [-0.39, 0.29) is 5.91 Å². The SMILES string of the molecule is CCCCCN(CC(=O)NC1(C#N)CCCCC1)C(C)C. The number of nitrogens with one attached hydrogen (secondary N) is 1. The molecular formula is C17H31N3O. The lowest BCUT2D eigenvalue weighted by atomic mass is 9.83. The molecule has 0 aromatic heterocycles. The molecule has 1 rings (SSSR count). The molecule has 0 radical (unpaired) electrons. The largest absolute Gasteiger partial charge is 0.337 e. The van der Waals surface area contributed by atoms with Crippen LogP contribution >= 0.6 is 0 Å². The van der Waals surface area contributed by atoms with E-state index in [1.165, 1.54) is 19.3 Å². The van der Waals surface area contributed by atoms with E-state index in [0.717, 1.165) is 38.6 Å². The monoisotopic (exact) mass is 293 g/mol. The molecule has 0 bridgehead atoms. The second-order valence-electron chi connectivity index (χ2n) is 6.57. The molecular weight excluding hydrogens is 262 g/mol. The molecule has 4 heteroatoms. The normalized spacial score (nSPS) is 17.7. The number of hydrogen-bond acceptors (Lipinski definition) is 3. The van der Waals surface area contributed by atoms with Crippen molar-refractivity contribution < 1.29 is 4.79 Å². The Kier molecular flexibility index (Phi) is 7.74. The Bertz CT molecular complexity index is 354. The molecule has 1 fully saturated rings. The van der Waals surface area contributed by atoms with Crippen molar-refractivity contribution in [3.05, 3.63) is 0 Å². The summed E-state index contributed by atoms with van der Waals surface area (Å²) >= 11 is 0. The first-order valence-corrected chi connectivity index (χ1v) is 8.49. The zero-order valence-electron chi connectivity index (χ0n) is 14.0. The van der Waals surface area contributed by atoms with E-state index in [0.29, 0.717) is 12.6 Å². The lowest BCUT2D eigenvalue weighted by molar-refractivity contribution is -0.124. The van der Waals surface area contributed by atoms with Crippen LogP contribution in [0.2, 0.25) is 0 Å². The van der Waals surface area contributed by atoms with Crippen molar-refractivity contribution in [2.45, 2.75) is 83.7 Å². The second kappa shape index (κ2) is 9.04. The lowest BCUT2D eigenvalue weighted by Crippen LogP contribution is -2.52.